The highest BCUT2D eigenvalue weighted by atomic mass is 32.2. The van der Waals surface area contributed by atoms with Crippen molar-refractivity contribution >= 4 is 20.9 Å². The van der Waals surface area contributed by atoms with E-state index in [1.165, 1.54) is 6.07 Å². The largest absolute Gasteiger partial charge is 0.361 e. The Morgan fingerprint density at radius 2 is 1.85 bits per heavy atom. The van der Waals surface area contributed by atoms with Crippen molar-refractivity contribution in [3.8, 4) is 0 Å². The second-order valence-corrected chi connectivity index (χ2v) is 8.78. The van der Waals surface area contributed by atoms with Crippen LogP contribution in [0, 0.1) is 12.7 Å². The zero-order valence-electron chi connectivity index (χ0n) is 14.6. The van der Waals surface area contributed by atoms with E-state index in [1.54, 1.807) is 28.6 Å². The van der Waals surface area contributed by atoms with E-state index in [0.29, 0.717) is 18.0 Å². The average Bonchev–Trinajstić information content (AvgIpc) is 3.05. The molecule has 6 heteroatoms. The molecule has 26 heavy (non-hydrogen) atoms. The van der Waals surface area contributed by atoms with Crippen LogP contribution in [-0.2, 0) is 10.0 Å². The van der Waals surface area contributed by atoms with E-state index in [0.717, 1.165) is 34.9 Å². The Labute approximate surface area is 152 Å². The van der Waals surface area contributed by atoms with Crippen molar-refractivity contribution in [1.82, 2.24) is 9.29 Å². The van der Waals surface area contributed by atoms with Gasteiger partial charge in [-0.1, -0.05) is 18.2 Å². The lowest BCUT2D eigenvalue weighted by Gasteiger charge is -2.31. The summed E-state index contributed by atoms with van der Waals surface area (Å²) in [7, 11) is -3.47. The van der Waals surface area contributed by atoms with Crippen molar-refractivity contribution in [1.29, 1.82) is 0 Å². The van der Waals surface area contributed by atoms with Crippen molar-refractivity contribution in [2.75, 3.05) is 13.1 Å². The van der Waals surface area contributed by atoms with Gasteiger partial charge in [0.05, 0.1) is 4.90 Å². The van der Waals surface area contributed by atoms with E-state index in [1.807, 2.05) is 25.3 Å². The monoisotopic (exact) mass is 372 g/mol. The Balaban J connectivity index is 1.55. The van der Waals surface area contributed by atoms with Crippen molar-refractivity contribution < 1.29 is 12.8 Å². The molecule has 2 heterocycles. The number of nitrogens with one attached hydrogen (secondary N) is 1. The van der Waals surface area contributed by atoms with E-state index < -0.39 is 10.0 Å². The number of aromatic amines is 1. The van der Waals surface area contributed by atoms with Crippen LogP contribution < -0.4 is 0 Å². The number of rotatable bonds is 3. The number of fused-ring (bicyclic) bond motifs is 1. The molecule has 1 fully saturated rings. The third-order valence-corrected chi connectivity index (χ3v) is 7.34. The summed E-state index contributed by atoms with van der Waals surface area (Å²) in [6.45, 7) is 2.77. The van der Waals surface area contributed by atoms with E-state index in [9.17, 15) is 12.8 Å². The second-order valence-electron chi connectivity index (χ2n) is 6.88. The summed E-state index contributed by atoms with van der Waals surface area (Å²) in [5, 5.41) is 0.894. The molecular weight excluding hydrogens is 351 g/mol. The van der Waals surface area contributed by atoms with Gasteiger partial charge in [0.2, 0.25) is 10.0 Å². The van der Waals surface area contributed by atoms with Gasteiger partial charge in [0.15, 0.2) is 0 Å². The summed E-state index contributed by atoms with van der Waals surface area (Å²) < 4.78 is 41.0. The first kappa shape index (κ1) is 17.2. The van der Waals surface area contributed by atoms with Crippen LogP contribution in [0.5, 0.6) is 0 Å². The summed E-state index contributed by atoms with van der Waals surface area (Å²) in [5.41, 5.74) is 2.76. The van der Waals surface area contributed by atoms with Gasteiger partial charge in [-0.05, 0) is 61.1 Å². The number of halogens is 1. The van der Waals surface area contributed by atoms with Crippen molar-refractivity contribution in [2.24, 2.45) is 0 Å². The minimum absolute atomic E-state index is 0.230. The van der Waals surface area contributed by atoms with E-state index in [4.69, 9.17) is 0 Å². The molecule has 1 aliphatic rings. The Morgan fingerprint density at radius 3 is 2.58 bits per heavy atom. The highest BCUT2D eigenvalue weighted by Crippen LogP contribution is 2.35. The number of aryl methyl sites for hydroxylation is 1. The Kier molecular flexibility index (Phi) is 4.32. The molecule has 3 aromatic rings. The second kappa shape index (κ2) is 6.52. The molecule has 1 aliphatic heterocycles. The van der Waals surface area contributed by atoms with Crippen LogP contribution in [0.15, 0.2) is 53.6 Å². The number of sulfonamides is 1. The average molecular weight is 372 g/mol. The van der Waals surface area contributed by atoms with Crippen LogP contribution in [0.25, 0.3) is 10.9 Å². The molecule has 136 valence electrons. The number of hydrogen-bond donors (Lipinski definition) is 1. The Bertz CT molecular complexity index is 1050. The lowest BCUT2D eigenvalue weighted by atomic mass is 9.90. The van der Waals surface area contributed by atoms with Gasteiger partial charge in [-0.25, -0.2) is 12.8 Å². The smallest absolute Gasteiger partial charge is 0.243 e. The third kappa shape index (κ3) is 2.93. The molecule has 4 rings (SSSR count). The molecule has 0 saturated carbocycles. The molecule has 0 radical (unpaired) electrons. The van der Waals surface area contributed by atoms with Gasteiger partial charge in [-0.2, -0.15) is 4.31 Å². The first-order valence-corrected chi connectivity index (χ1v) is 10.2. The van der Waals surface area contributed by atoms with Gasteiger partial charge in [-0.15, -0.1) is 0 Å². The molecular formula is C20H21FN2O2S. The fourth-order valence-corrected chi connectivity index (χ4v) is 5.54. The van der Waals surface area contributed by atoms with E-state index in [2.05, 4.69) is 4.98 Å². The lowest BCUT2D eigenvalue weighted by molar-refractivity contribution is 0.320. The fourth-order valence-electron chi connectivity index (χ4n) is 3.84. The quantitative estimate of drug-likeness (QED) is 0.750. The van der Waals surface area contributed by atoms with Crippen LogP contribution in [0.1, 0.15) is 29.9 Å². The molecule has 0 bridgehead atoms. The predicted octanol–water partition coefficient (Wildman–Crippen LogP) is 4.18. The summed E-state index contributed by atoms with van der Waals surface area (Å²) in [6.07, 6.45) is 3.39. The molecule has 0 spiro atoms. The first-order chi connectivity index (χ1) is 12.5. The van der Waals surface area contributed by atoms with Crippen molar-refractivity contribution in [3.05, 3.63) is 65.6 Å². The number of H-pyrrole nitrogens is 1. The summed E-state index contributed by atoms with van der Waals surface area (Å²) >= 11 is 0. The van der Waals surface area contributed by atoms with Crippen LogP contribution in [0.4, 0.5) is 4.39 Å². The molecule has 0 atom stereocenters. The predicted molar refractivity (Wildman–Crippen MR) is 100 cm³/mol. The van der Waals surface area contributed by atoms with Gasteiger partial charge in [-0.3, -0.25) is 0 Å². The minimum Gasteiger partial charge on any atom is -0.361 e. The molecule has 2 aromatic carbocycles. The maximum atomic E-state index is 13.6. The first-order valence-electron chi connectivity index (χ1n) is 8.79. The zero-order valence-corrected chi connectivity index (χ0v) is 15.4. The van der Waals surface area contributed by atoms with Gasteiger partial charge < -0.3 is 4.98 Å². The highest BCUT2D eigenvalue weighted by Gasteiger charge is 2.31. The Morgan fingerprint density at radius 1 is 1.12 bits per heavy atom. The number of nitrogens with zero attached hydrogens (tertiary/aromatic N) is 1. The SMILES string of the molecule is Cc1ccccc1S(=O)(=O)N1CCC(c2c[nH]c3ccc(F)cc23)CC1. The molecule has 1 saturated heterocycles. The van der Waals surface area contributed by atoms with Gasteiger partial charge in [0, 0.05) is 30.2 Å². The standard InChI is InChI=1S/C20H21FN2O2S/c1-14-4-2-3-5-20(14)26(24,25)23-10-8-15(9-11-23)18-13-22-19-7-6-16(21)12-17(18)19/h2-7,12-13,15,22H,8-11H2,1H3. The summed E-state index contributed by atoms with van der Waals surface area (Å²) in [5.74, 6) is -0.0215. The normalized spacial score (nSPS) is 17.0. The van der Waals surface area contributed by atoms with Crippen LogP contribution in [0.3, 0.4) is 0 Å². The Hall–Kier alpha value is -2.18. The number of aromatic nitrogens is 1. The van der Waals surface area contributed by atoms with E-state index in [-0.39, 0.29) is 11.7 Å². The molecule has 0 aliphatic carbocycles. The zero-order chi connectivity index (χ0) is 18.3. The van der Waals surface area contributed by atoms with Crippen LogP contribution >= 0.6 is 0 Å². The maximum Gasteiger partial charge on any atom is 0.243 e. The lowest BCUT2D eigenvalue weighted by Crippen LogP contribution is -2.38. The van der Waals surface area contributed by atoms with Gasteiger partial charge in [0.1, 0.15) is 5.82 Å². The van der Waals surface area contributed by atoms with Crippen LogP contribution in [0.2, 0.25) is 0 Å². The topological polar surface area (TPSA) is 53.2 Å². The molecule has 1 aromatic heterocycles. The fraction of sp³-hybridized carbons (Fsp3) is 0.300. The third-order valence-electron chi connectivity index (χ3n) is 5.28. The van der Waals surface area contributed by atoms with Crippen molar-refractivity contribution in [2.45, 2.75) is 30.6 Å². The number of hydrogen-bond acceptors (Lipinski definition) is 2. The van der Waals surface area contributed by atoms with E-state index >= 15 is 0 Å². The number of piperidine rings is 1. The highest BCUT2D eigenvalue weighted by molar-refractivity contribution is 7.89. The molecule has 1 N–H and O–H groups in total. The number of benzene rings is 2. The van der Waals surface area contributed by atoms with Gasteiger partial charge in [0.25, 0.3) is 0 Å². The molecule has 4 nitrogen and oxygen atoms in total. The van der Waals surface area contributed by atoms with Crippen molar-refractivity contribution in [3.63, 3.8) is 0 Å². The molecule has 0 amide bonds. The minimum atomic E-state index is -3.47. The van der Waals surface area contributed by atoms with Gasteiger partial charge >= 0.3 is 0 Å². The maximum absolute atomic E-state index is 13.6. The van der Waals surface area contributed by atoms with Crippen LogP contribution in [-0.4, -0.2) is 30.8 Å². The summed E-state index contributed by atoms with van der Waals surface area (Å²) in [4.78, 5) is 3.57. The molecule has 0 unspecified atom stereocenters. The summed E-state index contributed by atoms with van der Waals surface area (Å²) in [6, 6.07) is 11.8.